The van der Waals surface area contributed by atoms with E-state index in [1.807, 2.05) is 24.5 Å². The number of nitrogens with zero attached hydrogens (tertiary/aromatic N) is 4. The summed E-state index contributed by atoms with van der Waals surface area (Å²) in [5, 5.41) is 3.36. The molecule has 1 aliphatic carbocycles. The molecule has 1 saturated heterocycles. The molecular weight excluding hydrogens is 302 g/mol. The van der Waals surface area contributed by atoms with E-state index in [1.165, 1.54) is 19.3 Å². The number of anilines is 1. The van der Waals surface area contributed by atoms with Crippen LogP contribution in [0.5, 0.6) is 0 Å². The van der Waals surface area contributed by atoms with Gasteiger partial charge in [0, 0.05) is 37.7 Å². The van der Waals surface area contributed by atoms with E-state index in [1.54, 1.807) is 6.20 Å². The molecule has 4 rings (SSSR count). The lowest BCUT2D eigenvalue weighted by atomic mass is 9.90. The zero-order chi connectivity index (χ0) is 16.2. The van der Waals surface area contributed by atoms with Crippen molar-refractivity contribution in [3.63, 3.8) is 0 Å². The maximum Gasteiger partial charge on any atom is 0.150 e. The number of morpholine rings is 1. The van der Waals surface area contributed by atoms with Gasteiger partial charge < -0.3 is 10.1 Å². The minimum atomic E-state index is 0.171. The van der Waals surface area contributed by atoms with Crippen molar-refractivity contribution >= 4 is 5.82 Å². The summed E-state index contributed by atoms with van der Waals surface area (Å²) in [7, 11) is 0. The van der Waals surface area contributed by atoms with E-state index in [0.29, 0.717) is 19.2 Å². The van der Waals surface area contributed by atoms with Gasteiger partial charge in [-0.25, -0.2) is 9.97 Å². The average Bonchev–Trinajstić information content (AvgIpc) is 2.60. The topological polar surface area (TPSA) is 63.2 Å². The number of aromatic nitrogens is 3. The summed E-state index contributed by atoms with van der Waals surface area (Å²) in [6, 6.07) is 6.75. The van der Waals surface area contributed by atoms with Crippen LogP contribution in [0.4, 0.5) is 5.82 Å². The zero-order valence-electron chi connectivity index (χ0n) is 13.8. The van der Waals surface area contributed by atoms with Gasteiger partial charge in [0.2, 0.25) is 0 Å². The van der Waals surface area contributed by atoms with Crippen molar-refractivity contribution in [1.29, 1.82) is 0 Å². The van der Waals surface area contributed by atoms with Gasteiger partial charge in [0.05, 0.1) is 19.3 Å². The summed E-state index contributed by atoms with van der Waals surface area (Å²) in [6.45, 7) is 3.18. The molecule has 126 valence electrons. The molecule has 1 unspecified atom stereocenters. The van der Waals surface area contributed by atoms with Gasteiger partial charge in [-0.1, -0.05) is 12.5 Å². The van der Waals surface area contributed by atoms with Crippen molar-refractivity contribution in [2.45, 2.75) is 37.9 Å². The Morgan fingerprint density at radius 2 is 2.21 bits per heavy atom. The third-order valence-corrected chi connectivity index (χ3v) is 4.88. The first-order valence-electron chi connectivity index (χ1n) is 8.69. The molecule has 2 aliphatic rings. The van der Waals surface area contributed by atoms with Gasteiger partial charge >= 0.3 is 0 Å². The normalized spacial score (nSPS) is 22.1. The Bertz CT molecular complexity index is 661. The monoisotopic (exact) mass is 325 g/mol. The number of ether oxygens (including phenoxy) is 1. The third-order valence-electron chi connectivity index (χ3n) is 4.88. The van der Waals surface area contributed by atoms with Crippen molar-refractivity contribution in [1.82, 2.24) is 19.9 Å². The second-order valence-electron chi connectivity index (χ2n) is 6.43. The van der Waals surface area contributed by atoms with E-state index in [2.05, 4.69) is 26.3 Å². The number of hydrogen-bond donors (Lipinski definition) is 1. The minimum absolute atomic E-state index is 0.171. The average molecular weight is 325 g/mol. The quantitative estimate of drug-likeness (QED) is 0.911. The summed E-state index contributed by atoms with van der Waals surface area (Å²) < 4.78 is 5.70. The molecule has 1 saturated carbocycles. The molecule has 2 fully saturated rings. The zero-order valence-corrected chi connectivity index (χ0v) is 13.8. The van der Waals surface area contributed by atoms with Crippen LogP contribution in [0.3, 0.4) is 0 Å². The fourth-order valence-corrected chi connectivity index (χ4v) is 3.32. The van der Waals surface area contributed by atoms with Gasteiger partial charge in [-0.3, -0.25) is 9.88 Å². The Hall–Kier alpha value is -2.05. The first-order valence-corrected chi connectivity index (χ1v) is 8.69. The highest BCUT2D eigenvalue weighted by Gasteiger charge is 2.35. The van der Waals surface area contributed by atoms with Crippen LogP contribution in [-0.2, 0) is 11.3 Å². The first-order chi connectivity index (χ1) is 11.9. The molecule has 0 radical (unpaired) electrons. The molecule has 1 atom stereocenters. The summed E-state index contributed by atoms with van der Waals surface area (Å²) in [5.74, 6) is 1.71. The lowest BCUT2D eigenvalue weighted by molar-refractivity contribution is -0.0496. The maximum atomic E-state index is 5.70. The lowest BCUT2D eigenvalue weighted by Crippen LogP contribution is -2.49. The molecule has 1 N–H and O–H groups in total. The van der Waals surface area contributed by atoms with Crippen LogP contribution < -0.4 is 5.32 Å². The van der Waals surface area contributed by atoms with Gasteiger partial charge in [-0.2, -0.15) is 0 Å². The fourth-order valence-electron chi connectivity index (χ4n) is 3.32. The van der Waals surface area contributed by atoms with E-state index in [4.69, 9.17) is 9.72 Å². The van der Waals surface area contributed by atoms with Gasteiger partial charge in [-0.05, 0) is 30.5 Å². The second kappa shape index (κ2) is 7.23. The van der Waals surface area contributed by atoms with Gasteiger partial charge in [-0.15, -0.1) is 0 Å². The van der Waals surface area contributed by atoms with Crippen LogP contribution in [0.25, 0.3) is 0 Å². The Kier molecular flexibility index (Phi) is 4.66. The predicted octanol–water partition coefficient (Wildman–Crippen LogP) is 2.41. The molecule has 0 aromatic carbocycles. The highest BCUT2D eigenvalue weighted by Crippen LogP contribution is 2.33. The van der Waals surface area contributed by atoms with Crippen molar-refractivity contribution in [2.75, 3.05) is 25.1 Å². The number of hydrogen-bond acceptors (Lipinski definition) is 6. The number of pyridine rings is 1. The molecule has 1 aliphatic heterocycles. The van der Waals surface area contributed by atoms with E-state index < -0.39 is 0 Å². The molecule has 0 spiro atoms. The molecule has 24 heavy (non-hydrogen) atoms. The smallest absolute Gasteiger partial charge is 0.150 e. The fraction of sp³-hybridized carbons (Fsp3) is 0.500. The maximum absolute atomic E-state index is 5.70. The van der Waals surface area contributed by atoms with Crippen molar-refractivity contribution in [3.8, 4) is 0 Å². The highest BCUT2D eigenvalue weighted by atomic mass is 16.5. The predicted molar refractivity (Wildman–Crippen MR) is 91.5 cm³/mol. The molecule has 2 aromatic heterocycles. The second-order valence-corrected chi connectivity index (χ2v) is 6.43. The van der Waals surface area contributed by atoms with Crippen molar-refractivity contribution in [3.05, 3.63) is 48.2 Å². The van der Waals surface area contributed by atoms with Gasteiger partial charge in [0.15, 0.2) is 0 Å². The molecule has 0 amide bonds. The van der Waals surface area contributed by atoms with E-state index >= 15 is 0 Å². The SMILES string of the molecule is c1cncc(CNc2ccnc(C3COCCN3C3CCC3)n2)c1. The van der Waals surface area contributed by atoms with Crippen LogP contribution in [-0.4, -0.2) is 45.7 Å². The van der Waals surface area contributed by atoms with Crippen LogP contribution in [0, 0.1) is 0 Å². The summed E-state index contributed by atoms with van der Waals surface area (Å²) >= 11 is 0. The largest absolute Gasteiger partial charge is 0.378 e. The Morgan fingerprint density at radius 1 is 1.25 bits per heavy atom. The van der Waals surface area contributed by atoms with Crippen LogP contribution in [0.1, 0.15) is 36.7 Å². The Morgan fingerprint density at radius 3 is 3.00 bits per heavy atom. The number of nitrogens with one attached hydrogen (secondary N) is 1. The van der Waals surface area contributed by atoms with Crippen LogP contribution in [0.15, 0.2) is 36.8 Å². The number of rotatable bonds is 5. The summed E-state index contributed by atoms with van der Waals surface area (Å²) in [6.07, 6.45) is 9.39. The Labute approximate surface area is 142 Å². The molecule has 6 heteroatoms. The third kappa shape index (κ3) is 3.39. The molecular formula is C18H23N5O. The summed E-state index contributed by atoms with van der Waals surface area (Å²) in [4.78, 5) is 15.9. The van der Waals surface area contributed by atoms with Crippen LogP contribution >= 0.6 is 0 Å². The van der Waals surface area contributed by atoms with E-state index in [9.17, 15) is 0 Å². The minimum Gasteiger partial charge on any atom is -0.378 e. The first kappa shape index (κ1) is 15.5. The van der Waals surface area contributed by atoms with Gasteiger partial charge in [0.25, 0.3) is 0 Å². The van der Waals surface area contributed by atoms with E-state index in [0.717, 1.165) is 30.4 Å². The van der Waals surface area contributed by atoms with Crippen molar-refractivity contribution in [2.24, 2.45) is 0 Å². The highest BCUT2D eigenvalue weighted by molar-refractivity contribution is 5.34. The molecule has 0 bridgehead atoms. The summed E-state index contributed by atoms with van der Waals surface area (Å²) in [5.41, 5.74) is 1.13. The molecule has 3 heterocycles. The van der Waals surface area contributed by atoms with Crippen LogP contribution in [0.2, 0.25) is 0 Å². The Balaban J connectivity index is 1.46. The van der Waals surface area contributed by atoms with Gasteiger partial charge in [0.1, 0.15) is 11.6 Å². The molecule has 2 aromatic rings. The standard InChI is InChI=1S/C18H23N5O/c1-4-15(5-1)23-9-10-24-13-16(23)18-20-8-6-17(22-18)21-12-14-3-2-7-19-11-14/h2-3,6-8,11,15-16H,1,4-5,9-10,12-13H2,(H,20,21,22). The molecule has 6 nitrogen and oxygen atoms in total. The van der Waals surface area contributed by atoms with Crippen molar-refractivity contribution < 1.29 is 4.74 Å². The van der Waals surface area contributed by atoms with E-state index in [-0.39, 0.29) is 6.04 Å². The lowest BCUT2D eigenvalue weighted by Gasteiger charge is -2.44.